The fourth-order valence-electron chi connectivity index (χ4n) is 3.21. The van der Waals surface area contributed by atoms with Crippen molar-refractivity contribution in [1.29, 1.82) is 5.26 Å². The number of hydrogen-bond donors (Lipinski definition) is 2. The molecule has 0 unspecified atom stereocenters. The zero-order chi connectivity index (χ0) is 21.5. The number of piperazine rings is 1. The Labute approximate surface area is 175 Å². The Kier molecular flexibility index (Phi) is 6.83. The standard InChI is InChI=1S/C21H24N6O3/c1-15-3-5-19(13-23-15)25-20(28)24-18-6-4-16(12-22)17(11-18)14-26-7-9-27(10-8-26)21(29)30-2/h3-6,11,13H,7-10,14H2,1-2H3,(H2,24,25,28). The van der Waals surface area contributed by atoms with Gasteiger partial charge in [-0.25, -0.2) is 9.59 Å². The highest BCUT2D eigenvalue weighted by molar-refractivity contribution is 5.99. The van der Waals surface area contributed by atoms with Crippen LogP contribution in [0.25, 0.3) is 0 Å². The Morgan fingerprint density at radius 3 is 2.47 bits per heavy atom. The van der Waals surface area contributed by atoms with Gasteiger partial charge in [-0.15, -0.1) is 0 Å². The molecule has 1 saturated heterocycles. The van der Waals surface area contributed by atoms with Gasteiger partial charge in [0.25, 0.3) is 0 Å². The van der Waals surface area contributed by atoms with Crippen molar-refractivity contribution in [2.45, 2.75) is 13.5 Å². The van der Waals surface area contributed by atoms with Gasteiger partial charge in [-0.1, -0.05) is 0 Å². The molecular weight excluding hydrogens is 384 g/mol. The van der Waals surface area contributed by atoms with Crippen LogP contribution in [-0.4, -0.2) is 60.2 Å². The molecule has 0 aliphatic carbocycles. The average molecular weight is 408 g/mol. The number of nitrogens with zero attached hydrogens (tertiary/aromatic N) is 4. The number of carbonyl (C=O) groups is 2. The van der Waals surface area contributed by atoms with Crippen molar-refractivity contribution in [3.8, 4) is 6.07 Å². The smallest absolute Gasteiger partial charge is 0.409 e. The van der Waals surface area contributed by atoms with E-state index in [1.165, 1.54) is 7.11 Å². The summed E-state index contributed by atoms with van der Waals surface area (Å²) in [6, 6.07) is 10.6. The predicted octanol–water partition coefficient (Wildman–Crippen LogP) is 2.79. The average Bonchev–Trinajstić information content (AvgIpc) is 2.75. The molecule has 0 spiro atoms. The van der Waals surface area contributed by atoms with Crippen LogP contribution in [0.1, 0.15) is 16.8 Å². The van der Waals surface area contributed by atoms with Crippen LogP contribution in [-0.2, 0) is 11.3 Å². The van der Waals surface area contributed by atoms with Crippen molar-refractivity contribution < 1.29 is 14.3 Å². The second-order valence-electron chi connectivity index (χ2n) is 6.98. The predicted molar refractivity (Wildman–Crippen MR) is 112 cm³/mol. The fraction of sp³-hybridized carbons (Fsp3) is 0.333. The summed E-state index contributed by atoms with van der Waals surface area (Å²) in [6.07, 6.45) is 1.26. The zero-order valence-electron chi connectivity index (χ0n) is 17.0. The topological polar surface area (TPSA) is 111 Å². The van der Waals surface area contributed by atoms with Crippen LogP contribution in [0.15, 0.2) is 36.5 Å². The third-order valence-corrected chi connectivity index (χ3v) is 4.85. The maximum Gasteiger partial charge on any atom is 0.409 e. The van der Waals surface area contributed by atoms with E-state index in [9.17, 15) is 14.9 Å². The zero-order valence-corrected chi connectivity index (χ0v) is 17.0. The second kappa shape index (κ2) is 9.71. The number of hydrogen-bond acceptors (Lipinski definition) is 6. The van der Waals surface area contributed by atoms with Crippen LogP contribution in [0.5, 0.6) is 0 Å². The SMILES string of the molecule is COC(=O)N1CCN(Cc2cc(NC(=O)Nc3ccc(C)nc3)ccc2C#N)CC1. The summed E-state index contributed by atoms with van der Waals surface area (Å²) < 4.78 is 4.76. The van der Waals surface area contributed by atoms with Crippen LogP contribution >= 0.6 is 0 Å². The van der Waals surface area contributed by atoms with E-state index in [-0.39, 0.29) is 12.1 Å². The van der Waals surface area contributed by atoms with Gasteiger partial charge in [0.05, 0.1) is 30.6 Å². The van der Waals surface area contributed by atoms with Gasteiger partial charge < -0.3 is 20.3 Å². The lowest BCUT2D eigenvalue weighted by atomic mass is 10.1. The van der Waals surface area contributed by atoms with Crippen molar-refractivity contribution in [2.75, 3.05) is 43.9 Å². The maximum atomic E-state index is 12.3. The summed E-state index contributed by atoms with van der Waals surface area (Å²) in [5.74, 6) is 0. The lowest BCUT2D eigenvalue weighted by Gasteiger charge is -2.34. The van der Waals surface area contributed by atoms with Crippen molar-refractivity contribution >= 4 is 23.5 Å². The minimum absolute atomic E-state index is 0.326. The number of urea groups is 1. The molecule has 2 N–H and O–H groups in total. The normalized spacial score (nSPS) is 14.0. The van der Waals surface area contributed by atoms with E-state index in [0.29, 0.717) is 49.7 Å². The first-order chi connectivity index (χ1) is 14.5. The third kappa shape index (κ3) is 5.46. The molecule has 2 aromatic rings. The van der Waals surface area contributed by atoms with E-state index < -0.39 is 0 Å². The number of anilines is 2. The first-order valence-corrected chi connectivity index (χ1v) is 9.57. The molecule has 3 amide bonds. The number of nitriles is 1. The van der Waals surface area contributed by atoms with E-state index in [0.717, 1.165) is 11.3 Å². The van der Waals surface area contributed by atoms with Crippen LogP contribution < -0.4 is 10.6 Å². The first-order valence-electron chi connectivity index (χ1n) is 9.57. The summed E-state index contributed by atoms with van der Waals surface area (Å²) in [4.78, 5) is 31.9. The molecule has 1 fully saturated rings. The second-order valence-corrected chi connectivity index (χ2v) is 6.98. The number of rotatable bonds is 4. The number of nitrogens with one attached hydrogen (secondary N) is 2. The number of aryl methyl sites for hydroxylation is 1. The van der Waals surface area contributed by atoms with Gasteiger partial charge in [0.2, 0.25) is 0 Å². The number of pyridine rings is 1. The minimum Gasteiger partial charge on any atom is -0.453 e. The monoisotopic (exact) mass is 408 g/mol. The minimum atomic E-state index is -0.386. The van der Waals surface area contributed by atoms with E-state index in [1.807, 2.05) is 13.0 Å². The van der Waals surface area contributed by atoms with Gasteiger partial charge >= 0.3 is 12.1 Å². The first kappa shape index (κ1) is 21.1. The maximum absolute atomic E-state index is 12.3. The fourth-order valence-corrected chi connectivity index (χ4v) is 3.21. The lowest BCUT2D eigenvalue weighted by molar-refractivity contribution is 0.0889. The van der Waals surface area contributed by atoms with Gasteiger partial charge in [-0.05, 0) is 42.8 Å². The van der Waals surface area contributed by atoms with Gasteiger partial charge in [0.1, 0.15) is 0 Å². The van der Waals surface area contributed by atoms with Crippen molar-refractivity contribution in [2.24, 2.45) is 0 Å². The molecule has 9 nitrogen and oxygen atoms in total. The highest BCUT2D eigenvalue weighted by Crippen LogP contribution is 2.19. The number of ether oxygens (including phenoxy) is 1. The molecule has 9 heteroatoms. The largest absolute Gasteiger partial charge is 0.453 e. The van der Waals surface area contributed by atoms with E-state index in [4.69, 9.17) is 4.74 Å². The molecule has 30 heavy (non-hydrogen) atoms. The Balaban J connectivity index is 1.62. The molecule has 1 aliphatic heterocycles. The van der Waals surface area contributed by atoms with Crippen LogP contribution in [0.4, 0.5) is 21.0 Å². The van der Waals surface area contributed by atoms with E-state index in [1.54, 1.807) is 35.4 Å². The van der Waals surface area contributed by atoms with E-state index in [2.05, 4.69) is 26.6 Å². The molecule has 3 rings (SSSR count). The van der Waals surface area contributed by atoms with Crippen molar-refractivity contribution in [3.05, 3.63) is 53.3 Å². The van der Waals surface area contributed by atoms with Crippen molar-refractivity contribution in [3.63, 3.8) is 0 Å². The number of amides is 3. The Morgan fingerprint density at radius 1 is 1.13 bits per heavy atom. The number of methoxy groups -OCH3 is 1. The number of aromatic nitrogens is 1. The molecule has 0 saturated carbocycles. The molecule has 2 heterocycles. The Hall–Kier alpha value is -3.64. The molecule has 0 bridgehead atoms. The van der Waals surface area contributed by atoms with Crippen LogP contribution in [0.3, 0.4) is 0 Å². The lowest BCUT2D eigenvalue weighted by Crippen LogP contribution is -2.48. The summed E-state index contributed by atoms with van der Waals surface area (Å²) >= 11 is 0. The summed E-state index contributed by atoms with van der Waals surface area (Å²) in [6.45, 7) is 4.92. The molecule has 0 atom stereocenters. The van der Waals surface area contributed by atoms with Crippen LogP contribution in [0.2, 0.25) is 0 Å². The van der Waals surface area contributed by atoms with Gasteiger partial charge in [0, 0.05) is 44.1 Å². The molecular formula is C21H24N6O3. The molecule has 1 aromatic heterocycles. The molecule has 1 aliphatic rings. The van der Waals surface area contributed by atoms with E-state index >= 15 is 0 Å². The molecule has 1 aromatic carbocycles. The molecule has 156 valence electrons. The quantitative estimate of drug-likeness (QED) is 0.805. The summed E-state index contributed by atoms with van der Waals surface area (Å²) in [7, 11) is 1.37. The molecule has 0 radical (unpaired) electrons. The van der Waals surface area contributed by atoms with Gasteiger partial charge in [-0.3, -0.25) is 9.88 Å². The summed E-state index contributed by atoms with van der Waals surface area (Å²) in [5.41, 5.74) is 3.42. The highest BCUT2D eigenvalue weighted by atomic mass is 16.5. The Bertz CT molecular complexity index is 946. The van der Waals surface area contributed by atoms with Gasteiger partial charge in [-0.2, -0.15) is 5.26 Å². The number of carbonyl (C=O) groups excluding carboxylic acids is 2. The van der Waals surface area contributed by atoms with Crippen LogP contribution in [0, 0.1) is 18.3 Å². The summed E-state index contributed by atoms with van der Waals surface area (Å²) in [5, 5.41) is 15.0. The highest BCUT2D eigenvalue weighted by Gasteiger charge is 2.22. The van der Waals surface area contributed by atoms with Crippen molar-refractivity contribution in [1.82, 2.24) is 14.8 Å². The third-order valence-electron chi connectivity index (χ3n) is 4.85. The number of benzene rings is 1. The Morgan fingerprint density at radius 2 is 1.83 bits per heavy atom. The van der Waals surface area contributed by atoms with Gasteiger partial charge in [0.15, 0.2) is 0 Å².